The van der Waals surface area contributed by atoms with E-state index in [2.05, 4.69) is 10.2 Å². The molecule has 36 heavy (non-hydrogen) atoms. The minimum atomic E-state index is -3.72. The van der Waals surface area contributed by atoms with Crippen LogP contribution in [0.25, 0.3) is 5.69 Å². The Morgan fingerprint density at radius 3 is 2.22 bits per heavy atom. The van der Waals surface area contributed by atoms with Crippen LogP contribution in [0.2, 0.25) is 0 Å². The van der Waals surface area contributed by atoms with E-state index in [-0.39, 0.29) is 41.7 Å². The number of nitrogens with one attached hydrogen (secondary N) is 1. The summed E-state index contributed by atoms with van der Waals surface area (Å²) in [6.45, 7) is 6.76. The van der Waals surface area contributed by atoms with E-state index in [1.165, 1.54) is 49.8 Å². The fraction of sp³-hybridized carbons (Fsp3) is 0.600. The predicted octanol–water partition coefficient (Wildman–Crippen LogP) is 4.03. The molecule has 2 aliphatic rings. The number of aromatic nitrogens is 2. The van der Waals surface area contributed by atoms with Crippen LogP contribution in [0.5, 0.6) is 0 Å². The van der Waals surface area contributed by atoms with Crippen LogP contribution in [-0.4, -0.2) is 48.1 Å². The van der Waals surface area contributed by atoms with Crippen molar-refractivity contribution in [2.45, 2.75) is 82.7 Å². The molecule has 2 aromatic rings. The highest BCUT2D eigenvalue weighted by molar-refractivity contribution is 7.89. The van der Waals surface area contributed by atoms with Crippen LogP contribution >= 0.6 is 24.8 Å². The number of hydrogen-bond acceptors (Lipinski definition) is 5. The highest BCUT2D eigenvalue weighted by Gasteiger charge is 2.24. The van der Waals surface area contributed by atoms with Crippen LogP contribution in [0.4, 0.5) is 0 Å². The SMILES string of the molecule is Cc1nn(-c2ccc(S(N)(=O)=O)cc2)c(C)c1CN1CCC(NC(=O)CC2CCCCC2)CC1.Cl.Cl. The number of carbonyl (C=O) groups is 1. The number of nitrogens with zero attached hydrogens (tertiary/aromatic N) is 3. The van der Waals surface area contributed by atoms with Gasteiger partial charge in [0.05, 0.1) is 16.3 Å². The average Bonchev–Trinajstić information content (AvgIpc) is 3.09. The number of nitrogens with two attached hydrogens (primary N) is 1. The number of carbonyl (C=O) groups excluding carboxylic acids is 1. The molecule has 8 nitrogen and oxygen atoms in total. The van der Waals surface area contributed by atoms with E-state index in [9.17, 15) is 13.2 Å². The van der Waals surface area contributed by atoms with Gasteiger partial charge in [-0.25, -0.2) is 18.2 Å². The Morgan fingerprint density at radius 2 is 1.64 bits per heavy atom. The summed E-state index contributed by atoms with van der Waals surface area (Å²) in [4.78, 5) is 15.0. The largest absolute Gasteiger partial charge is 0.353 e. The van der Waals surface area contributed by atoms with Gasteiger partial charge in [0.25, 0.3) is 0 Å². The lowest BCUT2D eigenvalue weighted by Crippen LogP contribution is -2.44. The second-order valence-electron chi connectivity index (χ2n) is 9.93. The van der Waals surface area contributed by atoms with Gasteiger partial charge < -0.3 is 5.32 Å². The van der Waals surface area contributed by atoms with E-state index in [4.69, 9.17) is 10.2 Å². The Kier molecular flexibility index (Phi) is 11.2. The molecular formula is C25H39Cl2N5O3S. The summed E-state index contributed by atoms with van der Waals surface area (Å²) < 4.78 is 24.9. The van der Waals surface area contributed by atoms with Gasteiger partial charge in [-0.05, 0) is 69.7 Å². The molecule has 1 amide bonds. The fourth-order valence-corrected chi connectivity index (χ4v) is 5.85. The van der Waals surface area contributed by atoms with Crippen molar-refractivity contribution in [2.75, 3.05) is 13.1 Å². The summed E-state index contributed by atoms with van der Waals surface area (Å²) in [5.41, 5.74) is 4.01. The fourth-order valence-electron chi connectivity index (χ4n) is 5.33. The molecule has 3 N–H and O–H groups in total. The molecule has 202 valence electrons. The van der Waals surface area contributed by atoms with Crippen molar-refractivity contribution in [1.82, 2.24) is 20.0 Å². The van der Waals surface area contributed by atoms with Crippen molar-refractivity contribution in [3.05, 3.63) is 41.2 Å². The van der Waals surface area contributed by atoms with Crippen molar-refractivity contribution in [3.63, 3.8) is 0 Å². The van der Waals surface area contributed by atoms with Crippen LogP contribution < -0.4 is 10.5 Å². The van der Waals surface area contributed by atoms with E-state index < -0.39 is 10.0 Å². The van der Waals surface area contributed by atoms with Gasteiger partial charge in [-0.2, -0.15) is 5.10 Å². The van der Waals surface area contributed by atoms with Gasteiger partial charge in [0.2, 0.25) is 15.9 Å². The molecule has 0 spiro atoms. The summed E-state index contributed by atoms with van der Waals surface area (Å²) in [6, 6.07) is 6.74. The number of likely N-dealkylation sites (tertiary alicyclic amines) is 1. The molecule has 0 atom stereocenters. The number of rotatable bonds is 7. The molecule has 1 aromatic heterocycles. The quantitative estimate of drug-likeness (QED) is 0.532. The first kappa shape index (κ1) is 30.6. The van der Waals surface area contributed by atoms with Crippen molar-refractivity contribution < 1.29 is 13.2 Å². The predicted molar refractivity (Wildman–Crippen MR) is 147 cm³/mol. The van der Waals surface area contributed by atoms with Gasteiger partial charge in [-0.1, -0.05) is 19.3 Å². The summed E-state index contributed by atoms with van der Waals surface area (Å²) in [7, 11) is -3.72. The number of piperidine rings is 1. The zero-order chi connectivity index (χ0) is 24.3. The maximum Gasteiger partial charge on any atom is 0.238 e. The first-order chi connectivity index (χ1) is 16.2. The van der Waals surface area contributed by atoms with Gasteiger partial charge in [-0.3, -0.25) is 9.69 Å². The number of primary sulfonamides is 1. The van der Waals surface area contributed by atoms with Crippen molar-refractivity contribution in [1.29, 1.82) is 0 Å². The van der Waals surface area contributed by atoms with Crippen molar-refractivity contribution in [2.24, 2.45) is 11.1 Å². The van der Waals surface area contributed by atoms with E-state index in [1.54, 1.807) is 12.1 Å². The zero-order valence-electron chi connectivity index (χ0n) is 21.1. The van der Waals surface area contributed by atoms with E-state index in [0.29, 0.717) is 12.3 Å². The van der Waals surface area contributed by atoms with Gasteiger partial charge in [0.1, 0.15) is 0 Å². The number of benzene rings is 1. The molecule has 0 unspecified atom stereocenters. The third-order valence-corrected chi connectivity index (χ3v) is 8.31. The first-order valence-corrected chi connectivity index (χ1v) is 14.0. The summed E-state index contributed by atoms with van der Waals surface area (Å²) in [6.07, 6.45) is 8.90. The molecule has 0 radical (unpaired) electrons. The topological polar surface area (TPSA) is 110 Å². The molecule has 2 fully saturated rings. The molecule has 1 aliphatic carbocycles. The number of sulfonamides is 1. The lowest BCUT2D eigenvalue weighted by atomic mass is 9.86. The molecule has 0 bridgehead atoms. The zero-order valence-corrected chi connectivity index (χ0v) is 23.6. The summed E-state index contributed by atoms with van der Waals surface area (Å²) >= 11 is 0. The molecule has 1 aliphatic heterocycles. The number of aryl methyl sites for hydroxylation is 1. The van der Waals surface area contributed by atoms with Gasteiger partial charge >= 0.3 is 0 Å². The van der Waals surface area contributed by atoms with E-state index >= 15 is 0 Å². The Hall–Kier alpha value is -1.65. The van der Waals surface area contributed by atoms with Crippen molar-refractivity contribution >= 4 is 40.7 Å². The van der Waals surface area contributed by atoms with Crippen LogP contribution in [0, 0.1) is 19.8 Å². The molecule has 11 heteroatoms. The second-order valence-corrected chi connectivity index (χ2v) is 11.5. The molecule has 2 heterocycles. The van der Waals surface area contributed by atoms with Crippen LogP contribution in [-0.2, 0) is 21.4 Å². The highest BCUT2D eigenvalue weighted by atomic mass is 35.5. The number of amides is 1. The monoisotopic (exact) mass is 559 g/mol. The van der Waals surface area contributed by atoms with E-state index in [1.807, 2.05) is 18.5 Å². The van der Waals surface area contributed by atoms with Crippen LogP contribution in [0.15, 0.2) is 29.2 Å². The van der Waals surface area contributed by atoms with Gasteiger partial charge in [-0.15, -0.1) is 24.8 Å². The maximum absolute atomic E-state index is 12.5. The Balaban J connectivity index is 0.00000228. The Morgan fingerprint density at radius 1 is 1.03 bits per heavy atom. The van der Waals surface area contributed by atoms with Crippen LogP contribution in [0.3, 0.4) is 0 Å². The standard InChI is InChI=1S/C25H37N5O3S.2ClH/c1-18-24(19(2)30(28-18)22-8-10-23(11-9-22)34(26,32)33)17-29-14-12-21(13-15-29)27-25(31)16-20-6-4-3-5-7-20;;/h8-11,20-21H,3-7,12-17H2,1-2H3,(H,27,31)(H2,26,32,33);2*1H. The summed E-state index contributed by atoms with van der Waals surface area (Å²) in [5.74, 6) is 0.805. The molecule has 1 aromatic carbocycles. The minimum absolute atomic E-state index is 0. The molecule has 1 saturated heterocycles. The maximum atomic E-state index is 12.5. The van der Waals surface area contributed by atoms with Crippen molar-refractivity contribution in [3.8, 4) is 5.69 Å². The number of halogens is 2. The minimum Gasteiger partial charge on any atom is -0.353 e. The van der Waals surface area contributed by atoms with Gasteiger partial charge in [0.15, 0.2) is 0 Å². The van der Waals surface area contributed by atoms with E-state index in [0.717, 1.165) is 49.6 Å². The third kappa shape index (κ3) is 7.68. The summed E-state index contributed by atoms with van der Waals surface area (Å²) in [5, 5.41) is 13.2. The normalized spacial score (nSPS) is 17.8. The van der Waals surface area contributed by atoms with Crippen LogP contribution in [0.1, 0.15) is 68.3 Å². The first-order valence-electron chi connectivity index (χ1n) is 12.4. The molecule has 4 rings (SSSR count). The Bertz CT molecular complexity index is 1110. The molecule has 1 saturated carbocycles. The second kappa shape index (κ2) is 13.2. The number of hydrogen-bond donors (Lipinski definition) is 2. The average molecular weight is 561 g/mol. The lowest BCUT2D eigenvalue weighted by molar-refractivity contribution is -0.123. The highest BCUT2D eigenvalue weighted by Crippen LogP contribution is 2.27. The molecular weight excluding hydrogens is 521 g/mol. The van der Waals surface area contributed by atoms with Gasteiger partial charge in [0, 0.05) is 43.4 Å². The Labute approximate surface area is 227 Å². The smallest absolute Gasteiger partial charge is 0.238 e. The lowest BCUT2D eigenvalue weighted by Gasteiger charge is -2.33. The third-order valence-electron chi connectivity index (χ3n) is 7.38.